The predicted molar refractivity (Wildman–Crippen MR) is 87.9 cm³/mol. The summed E-state index contributed by atoms with van der Waals surface area (Å²) in [6.07, 6.45) is 4.56. The second kappa shape index (κ2) is 6.17. The molecule has 3 unspecified atom stereocenters. The molecule has 0 spiro atoms. The van der Waals surface area contributed by atoms with Crippen LogP contribution in [0.5, 0.6) is 0 Å². The van der Waals surface area contributed by atoms with Crippen molar-refractivity contribution in [3.63, 3.8) is 0 Å². The zero-order valence-electron chi connectivity index (χ0n) is 14.9. The van der Waals surface area contributed by atoms with Gasteiger partial charge in [-0.2, -0.15) is 0 Å². The first-order valence-corrected chi connectivity index (χ1v) is 8.99. The van der Waals surface area contributed by atoms with Crippen LogP contribution in [0.1, 0.15) is 59.3 Å². The highest BCUT2D eigenvalue weighted by Crippen LogP contribution is 2.63. The van der Waals surface area contributed by atoms with Crippen LogP contribution in [0.4, 0.5) is 0 Å². The molecule has 4 bridgehead atoms. The molecule has 4 aliphatic rings. The van der Waals surface area contributed by atoms with Crippen LogP contribution in [0.25, 0.3) is 0 Å². The predicted octanol–water partition coefficient (Wildman–Crippen LogP) is 3.37. The Morgan fingerprint density at radius 1 is 1.21 bits per heavy atom. The maximum absolute atomic E-state index is 12.9. The first-order chi connectivity index (χ1) is 11.3. The van der Waals surface area contributed by atoms with E-state index in [-0.39, 0.29) is 11.9 Å². The third-order valence-electron chi connectivity index (χ3n) is 5.77. The molecule has 0 radical (unpaired) electrons. The summed E-state index contributed by atoms with van der Waals surface area (Å²) in [5.74, 6) is 0.328. The van der Waals surface area contributed by atoms with Gasteiger partial charge in [-0.3, -0.25) is 4.79 Å². The average molecular weight is 336 g/mol. The van der Waals surface area contributed by atoms with Gasteiger partial charge < -0.3 is 14.2 Å². The van der Waals surface area contributed by atoms with E-state index in [1.807, 2.05) is 6.92 Å². The Bertz CT molecular complexity index is 538. The Balaban J connectivity index is 1.79. The summed E-state index contributed by atoms with van der Waals surface area (Å²) in [6.45, 7) is 9.48. The second-order valence-electron chi connectivity index (χ2n) is 8.02. The molecule has 4 rings (SSSR count). The maximum atomic E-state index is 12.9. The third kappa shape index (κ3) is 3.10. The largest absolute Gasteiger partial charge is 0.456 e. The molecule has 0 saturated heterocycles. The SMILES string of the molecule is C=C(C)C(=O)OC12CC3CC(C1)CC(C(=O)OC(C)OCC)(C3)C2. The maximum Gasteiger partial charge on any atom is 0.333 e. The number of ether oxygens (including phenoxy) is 3. The summed E-state index contributed by atoms with van der Waals surface area (Å²) in [7, 11) is 0. The van der Waals surface area contributed by atoms with Crippen molar-refractivity contribution < 1.29 is 23.8 Å². The van der Waals surface area contributed by atoms with Crippen LogP contribution in [-0.2, 0) is 23.8 Å². The van der Waals surface area contributed by atoms with E-state index in [9.17, 15) is 9.59 Å². The Kier molecular flexibility index (Phi) is 4.49. The number of carbonyl (C=O) groups excluding carboxylic acids is 2. The molecular weight excluding hydrogens is 308 g/mol. The molecule has 3 atom stereocenters. The van der Waals surface area contributed by atoms with Gasteiger partial charge in [-0.25, -0.2) is 4.79 Å². The van der Waals surface area contributed by atoms with Crippen molar-refractivity contribution in [3.8, 4) is 0 Å². The van der Waals surface area contributed by atoms with E-state index >= 15 is 0 Å². The monoisotopic (exact) mass is 336 g/mol. The van der Waals surface area contributed by atoms with E-state index in [0.717, 1.165) is 32.1 Å². The fraction of sp³-hybridized carbons (Fsp3) is 0.789. The van der Waals surface area contributed by atoms with Gasteiger partial charge in [0.05, 0.1) is 5.41 Å². The van der Waals surface area contributed by atoms with Gasteiger partial charge in [0, 0.05) is 18.6 Å². The molecule has 4 aliphatic carbocycles. The quantitative estimate of drug-likeness (QED) is 0.423. The van der Waals surface area contributed by atoms with E-state index in [1.54, 1.807) is 13.8 Å². The van der Waals surface area contributed by atoms with Gasteiger partial charge in [0.25, 0.3) is 0 Å². The lowest BCUT2D eigenvalue weighted by Gasteiger charge is -2.59. The van der Waals surface area contributed by atoms with E-state index in [2.05, 4.69) is 6.58 Å². The molecule has 0 amide bonds. The molecule has 4 fully saturated rings. The molecule has 0 N–H and O–H groups in total. The number of esters is 2. The molecule has 0 aliphatic heterocycles. The van der Waals surface area contributed by atoms with Crippen LogP contribution >= 0.6 is 0 Å². The first kappa shape index (κ1) is 17.5. The Hall–Kier alpha value is -1.36. The van der Waals surface area contributed by atoms with E-state index in [4.69, 9.17) is 14.2 Å². The zero-order chi connectivity index (χ0) is 17.5. The minimum absolute atomic E-state index is 0.187. The molecule has 4 saturated carbocycles. The summed E-state index contributed by atoms with van der Waals surface area (Å²) in [6, 6.07) is 0. The summed E-state index contributed by atoms with van der Waals surface area (Å²) < 4.78 is 16.8. The standard InChI is InChI=1S/C19H28O5/c1-5-22-13(4)23-17(21)18-7-14-6-15(8-18)10-19(9-14,11-18)24-16(20)12(2)3/h13-15H,2,5-11H2,1,3-4H3. The van der Waals surface area contributed by atoms with Crippen LogP contribution < -0.4 is 0 Å². The molecule has 0 aromatic carbocycles. The topological polar surface area (TPSA) is 61.8 Å². The Labute approximate surface area is 143 Å². The van der Waals surface area contributed by atoms with Crippen LogP contribution in [0.2, 0.25) is 0 Å². The van der Waals surface area contributed by atoms with Crippen molar-refractivity contribution in [2.45, 2.75) is 71.2 Å². The molecule has 24 heavy (non-hydrogen) atoms. The minimum atomic E-state index is -0.538. The molecule has 0 heterocycles. The first-order valence-electron chi connectivity index (χ1n) is 8.99. The van der Waals surface area contributed by atoms with Crippen molar-refractivity contribution >= 4 is 11.9 Å². The van der Waals surface area contributed by atoms with Crippen molar-refractivity contribution in [1.82, 2.24) is 0 Å². The molecule has 0 aromatic rings. The van der Waals surface area contributed by atoms with Crippen molar-refractivity contribution in [3.05, 3.63) is 12.2 Å². The molecule has 0 aromatic heterocycles. The van der Waals surface area contributed by atoms with Gasteiger partial charge >= 0.3 is 11.9 Å². The van der Waals surface area contributed by atoms with Gasteiger partial charge in [0.2, 0.25) is 0 Å². The normalized spacial score (nSPS) is 37.8. The minimum Gasteiger partial charge on any atom is -0.456 e. The van der Waals surface area contributed by atoms with Gasteiger partial charge in [-0.05, 0) is 64.7 Å². The highest BCUT2D eigenvalue weighted by molar-refractivity contribution is 5.87. The van der Waals surface area contributed by atoms with E-state index in [1.165, 1.54) is 0 Å². The summed E-state index contributed by atoms with van der Waals surface area (Å²) in [5.41, 5.74) is -0.633. The van der Waals surface area contributed by atoms with Crippen molar-refractivity contribution in [2.24, 2.45) is 17.3 Å². The highest BCUT2D eigenvalue weighted by atomic mass is 16.7. The van der Waals surface area contributed by atoms with Crippen molar-refractivity contribution in [1.29, 1.82) is 0 Å². The number of carbonyl (C=O) groups is 2. The zero-order valence-corrected chi connectivity index (χ0v) is 14.9. The highest BCUT2D eigenvalue weighted by Gasteiger charge is 2.63. The van der Waals surface area contributed by atoms with Crippen LogP contribution in [0.15, 0.2) is 12.2 Å². The average Bonchev–Trinajstić information content (AvgIpc) is 2.45. The summed E-state index contributed by atoms with van der Waals surface area (Å²) >= 11 is 0. The van der Waals surface area contributed by atoms with Crippen LogP contribution in [-0.4, -0.2) is 30.4 Å². The lowest BCUT2D eigenvalue weighted by Crippen LogP contribution is -2.60. The van der Waals surface area contributed by atoms with Crippen LogP contribution in [0.3, 0.4) is 0 Å². The lowest BCUT2D eigenvalue weighted by molar-refractivity contribution is -0.222. The second-order valence-corrected chi connectivity index (χ2v) is 8.02. The molecule has 5 heteroatoms. The summed E-state index contributed by atoms with van der Waals surface area (Å²) in [5, 5.41) is 0. The number of hydrogen-bond acceptors (Lipinski definition) is 5. The van der Waals surface area contributed by atoms with Crippen LogP contribution in [0, 0.1) is 17.3 Å². The van der Waals surface area contributed by atoms with E-state index < -0.39 is 17.3 Å². The van der Waals surface area contributed by atoms with Crippen molar-refractivity contribution in [2.75, 3.05) is 6.61 Å². The Morgan fingerprint density at radius 3 is 2.38 bits per heavy atom. The molecule has 5 nitrogen and oxygen atoms in total. The summed E-state index contributed by atoms with van der Waals surface area (Å²) in [4.78, 5) is 25.0. The van der Waals surface area contributed by atoms with Gasteiger partial charge in [-0.1, -0.05) is 6.58 Å². The van der Waals surface area contributed by atoms with E-state index in [0.29, 0.717) is 30.4 Å². The molecular formula is C19H28O5. The number of hydrogen-bond donors (Lipinski definition) is 0. The molecule has 134 valence electrons. The number of rotatable bonds is 6. The lowest BCUT2D eigenvalue weighted by atomic mass is 9.48. The fourth-order valence-corrected chi connectivity index (χ4v) is 5.36. The smallest absolute Gasteiger partial charge is 0.333 e. The van der Waals surface area contributed by atoms with Gasteiger partial charge in [0.1, 0.15) is 5.60 Å². The van der Waals surface area contributed by atoms with Gasteiger partial charge in [0.15, 0.2) is 6.29 Å². The van der Waals surface area contributed by atoms with Gasteiger partial charge in [-0.15, -0.1) is 0 Å². The Morgan fingerprint density at radius 2 is 1.83 bits per heavy atom. The fourth-order valence-electron chi connectivity index (χ4n) is 5.36. The third-order valence-corrected chi connectivity index (χ3v) is 5.77.